The minimum atomic E-state index is -4.82. The quantitative estimate of drug-likeness (QED) is 0.265. The highest BCUT2D eigenvalue weighted by atomic mass is 19.4. The Balaban J connectivity index is 1.74. The van der Waals surface area contributed by atoms with Gasteiger partial charge in [0.1, 0.15) is 5.75 Å². The molecule has 0 aliphatic carbocycles. The highest BCUT2D eigenvalue weighted by molar-refractivity contribution is 5.87. The fraction of sp³-hybridized carbons (Fsp3) is 0.333. The second kappa shape index (κ2) is 12.9. The summed E-state index contributed by atoms with van der Waals surface area (Å²) < 4.78 is 57.9. The van der Waals surface area contributed by atoms with E-state index in [0.29, 0.717) is 36.4 Å². The van der Waals surface area contributed by atoms with Gasteiger partial charge in [-0.1, -0.05) is 0 Å². The van der Waals surface area contributed by atoms with E-state index in [4.69, 9.17) is 14.2 Å². The fourth-order valence-corrected chi connectivity index (χ4v) is 3.23. The lowest BCUT2D eigenvalue weighted by molar-refractivity contribution is -0.274. The summed E-state index contributed by atoms with van der Waals surface area (Å²) in [6, 6.07) is 11.4. The first-order valence-corrected chi connectivity index (χ1v) is 11.3. The van der Waals surface area contributed by atoms with Crippen molar-refractivity contribution in [3.8, 4) is 22.8 Å². The first-order chi connectivity index (χ1) is 18.1. The maximum absolute atomic E-state index is 12.5. The van der Waals surface area contributed by atoms with Gasteiger partial charge in [-0.3, -0.25) is 15.4 Å². The number of hydrogen-bond acceptors (Lipinski definition) is 8. The molecule has 3 rings (SSSR count). The molecule has 1 heterocycles. The Morgan fingerprint density at radius 2 is 1.71 bits per heavy atom. The van der Waals surface area contributed by atoms with E-state index in [9.17, 15) is 22.8 Å². The van der Waals surface area contributed by atoms with Crippen molar-refractivity contribution in [3.05, 3.63) is 48.5 Å². The number of benzene rings is 2. The second-order valence-corrected chi connectivity index (χ2v) is 7.80. The van der Waals surface area contributed by atoms with E-state index >= 15 is 0 Å². The third kappa shape index (κ3) is 8.45. The molecule has 11 nitrogen and oxygen atoms in total. The van der Waals surface area contributed by atoms with Crippen LogP contribution in [0.4, 0.5) is 29.6 Å². The van der Waals surface area contributed by atoms with Crippen LogP contribution < -0.4 is 15.4 Å². The van der Waals surface area contributed by atoms with Gasteiger partial charge in [0.2, 0.25) is 18.1 Å². The molecule has 38 heavy (non-hydrogen) atoms. The van der Waals surface area contributed by atoms with Gasteiger partial charge in [0, 0.05) is 45.4 Å². The lowest BCUT2D eigenvalue weighted by atomic mass is 10.2. The number of hydrogen-bond donors (Lipinski definition) is 2. The molecule has 3 aromatic rings. The predicted octanol–water partition coefficient (Wildman–Crippen LogP) is 4.74. The summed E-state index contributed by atoms with van der Waals surface area (Å²) in [4.78, 5) is 28.2. The molecule has 0 bridgehead atoms. The van der Waals surface area contributed by atoms with Crippen LogP contribution in [0.25, 0.3) is 17.1 Å². The molecule has 0 saturated heterocycles. The summed E-state index contributed by atoms with van der Waals surface area (Å²) in [5, 5.41) is 9.51. The number of methoxy groups -OCH3 is 2. The molecule has 204 valence electrons. The molecular weight excluding hydrogens is 511 g/mol. The number of nitrogens with one attached hydrogen (secondary N) is 2. The van der Waals surface area contributed by atoms with Crippen molar-refractivity contribution >= 4 is 23.6 Å². The average Bonchev–Trinajstić information content (AvgIpc) is 3.26. The normalized spacial score (nSPS) is 12.1. The molecule has 0 aliphatic heterocycles. The number of carbonyl (C=O) groups excluding carboxylic acids is 2. The minimum Gasteiger partial charge on any atom is -0.419 e. The highest BCUT2D eigenvalue weighted by Crippen LogP contribution is 2.26. The first kappa shape index (κ1) is 28.4. The van der Waals surface area contributed by atoms with Gasteiger partial charge in [-0.15, -0.1) is 18.3 Å². The monoisotopic (exact) mass is 537 g/mol. The molecular formula is C24H26F3N5O6. The van der Waals surface area contributed by atoms with Crippen molar-refractivity contribution in [2.24, 2.45) is 0 Å². The lowest BCUT2D eigenvalue weighted by Gasteiger charge is -2.16. The number of nitrogens with zero attached hydrogens (tertiary/aromatic N) is 3. The number of amides is 2. The van der Waals surface area contributed by atoms with Crippen LogP contribution in [-0.2, 0) is 19.0 Å². The number of aromatic nitrogens is 3. The number of ether oxygens (including phenoxy) is 4. The van der Waals surface area contributed by atoms with Gasteiger partial charge in [-0.25, -0.2) is 4.79 Å². The summed E-state index contributed by atoms with van der Waals surface area (Å²) in [5.74, 6) is -0.550. The number of anilines is 2. The molecule has 0 saturated carbocycles. The van der Waals surface area contributed by atoms with E-state index in [2.05, 4.69) is 25.5 Å². The van der Waals surface area contributed by atoms with Gasteiger partial charge in [0.05, 0.1) is 5.69 Å². The smallest absolute Gasteiger partial charge is 0.419 e. The number of carbonyl (C=O) groups is 2. The van der Waals surface area contributed by atoms with Crippen LogP contribution in [-0.4, -0.2) is 60.2 Å². The van der Waals surface area contributed by atoms with Gasteiger partial charge in [0.15, 0.2) is 5.82 Å². The molecule has 0 aliphatic rings. The lowest BCUT2D eigenvalue weighted by Crippen LogP contribution is -2.24. The van der Waals surface area contributed by atoms with E-state index in [1.807, 2.05) is 0 Å². The summed E-state index contributed by atoms with van der Waals surface area (Å²) in [6.45, 7) is 1.79. The van der Waals surface area contributed by atoms with Crippen LogP contribution in [0, 0.1) is 0 Å². The number of rotatable bonds is 11. The largest absolute Gasteiger partial charge is 0.573 e. The van der Waals surface area contributed by atoms with Crippen LogP contribution >= 0.6 is 0 Å². The minimum absolute atomic E-state index is 0.0573. The predicted molar refractivity (Wildman–Crippen MR) is 130 cm³/mol. The Bertz CT molecular complexity index is 1220. The molecule has 0 fully saturated rings. The maximum atomic E-state index is 12.5. The molecule has 0 spiro atoms. The maximum Gasteiger partial charge on any atom is 0.573 e. The van der Waals surface area contributed by atoms with Crippen molar-refractivity contribution in [1.29, 1.82) is 0 Å². The van der Waals surface area contributed by atoms with E-state index in [1.54, 1.807) is 31.4 Å². The third-order valence-corrected chi connectivity index (χ3v) is 4.89. The zero-order chi connectivity index (χ0) is 27.7. The van der Waals surface area contributed by atoms with Crippen LogP contribution in [0.15, 0.2) is 48.5 Å². The molecule has 2 amide bonds. The molecule has 2 N–H and O–H groups in total. The summed E-state index contributed by atoms with van der Waals surface area (Å²) in [7, 11) is 3.01. The van der Waals surface area contributed by atoms with Crippen molar-refractivity contribution in [3.63, 3.8) is 0 Å². The van der Waals surface area contributed by atoms with Gasteiger partial charge in [0.25, 0.3) is 0 Å². The van der Waals surface area contributed by atoms with Gasteiger partial charge >= 0.3 is 12.5 Å². The van der Waals surface area contributed by atoms with Crippen LogP contribution in [0.1, 0.15) is 19.8 Å². The first-order valence-electron chi connectivity index (χ1n) is 11.3. The Hall–Kier alpha value is -4.17. The Morgan fingerprint density at radius 3 is 2.29 bits per heavy atom. The van der Waals surface area contributed by atoms with Crippen molar-refractivity contribution < 1.29 is 41.7 Å². The fourth-order valence-electron chi connectivity index (χ4n) is 3.23. The van der Waals surface area contributed by atoms with Crippen molar-refractivity contribution in [2.75, 3.05) is 31.5 Å². The van der Waals surface area contributed by atoms with Crippen molar-refractivity contribution in [2.45, 2.75) is 32.4 Å². The average molecular weight is 537 g/mol. The van der Waals surface area contributed by atoms with E-state index in [-0.39, 0.29) is 11.8 Å². The van der Waals surface area contributed by atoms with E-state index in [0.717, 1.165) is 12.1 Å². The second-order valence-electron chi connectivity index (χ2n) is 7.80. The van der Waals surface area contributed by atoms with Crippen LogP contribution in [0.5, 0.6) is 5.75 Å². The summed E-state index contributed by atoms with van der Waals surface area (Å²) in [6.07, 6.45) is -5.12. The zero-order valence-electron chi connectivity index (χ0n) is 20.7. The Labute approximate surface area is 215 Å². The summed E-state index contributed by atoms with van der Waals surface area (Å²) >= 11 is 0. The number of alkyl halides is 3. The molecule has 1 aromatic heterocycles. The molecule has 1 atom stereocenters. The standard InChI is InChI=1S/C24H26F3N5O6/c1-15(33)28-22-30-21(31-32(22)18-10-12-19(13-11-18)38-24(25,26)27)16-6-8-17(9-7-16)29-23(34)37-20(36-3)5-4-14-35-2/h6-13,20H,4-5,14H2,1-3H3,(H,29,34)(H,28,30,31,33)/t20-/m0/s1. The van der Waals surface area contributed by atoms with Gasteiger partial charge in [-0.2, -0.15) is 9.67 Å². The van der Waals surface area contributed by atoms with E-state index < -0.39 is 30.4 Å². The van der Waals surface area contributed by atoms with Crippen molar-refractivity contribution in [1.82, 2.24) is 14.8 Å². The van der Waals surface area contributed by atoms with Gasteiger partial charge < -0.3 is 18.9 Å². The number of halogens is 3. The third-order valence-electron chi connectivity index (χ3n) is 4.89. The zero-order valence-corrected chi connectivity index (χ0v) is 20.7. The molecule has 0 unspecified atom stereocenters. The van der Waals surface area contributed by atoms with Crippen LogP contribution in [0.3, 0.4) is 0 Å². The summed E-state index contributed by atoms with van der Waals surface area (Å²) in [5.41, 5.74) is 1.31. The van der Waals surface area contributed by atoms with Crippen LogP contribution in [0.2, 0.25) is 0 Å². The Kier molecular flexibility index (Phi) is 9.62. The topological polar surface area (TPSA) is 126 Å². The molecule has 0 radical (unpaired) electrons. The van der Waals surface area contributed by atoms with Gasteiger partial charge in [-0.05, 0) is 55.0 Å². The SMILES string of the molecule is COCCC[C@@H](OC)OC(=O)Nc1ccc(-c2nc(NC(C)=O)n(-c3ccc(OC(F)(F)F)cc3)n2)cc1. The van der Waals surface area contributed by atoms with E-state index in [1.165, 1.54) is 30.8 Å². The molecule has 14 heteroatoms. The Morgan fingerprint density at radius 1 is 1.03 bits per heavy atom. The highest BCUT2D eigenvalue weighted by Gasteiger charge is 2.31. The molecule has 2 aromatic carbocycles.